The third-order valence-electron chi connectivity index (χ3n) is 4.72. The third-order valence-corrected chi connectivity index (χ3v) is 4.72. The molecule has 0 aliphatic heterocycles. The van der Waals surface area contributed by atoms with Gasteiger partial charge in [0.15, 0.2) is 6.10 Å². The molecule has 0 spiro atoms. The first-order valence-corrected chi connectivity index (χ1v) is 11.4. The molecule has 0 saturated heterocycles. The summed E-state index contributed by atoms with van der Waals surface area (Å²) in [5.74, 6) is -1.29. The molecule has 0 amide bonds. The molecule has 29 heavy (non-hydrogen) atoms. The van der Waals surface area contributed by atoms with E-state index in [1.165, 1.54) is 78.1 Å². The van der Waals surface area contributed by atoms with Crippen LogP contribution in [0, 0.1) is 0 Å². The first-order valence-electron chi connectivity index (χ1n) is 11.4. The third kappa shape index (κ3) is 20.9. The van der Waals surface area contributed by atoms with Gasteiger partial charge in [-0.15, -0.1) is 0 Å². The van der Waals surface area contributed by atoms with Gasteiger partial charge in [0.2, 0.25) is 0 Å². The highest BCUT2D eigenvalue weighted by atomic mass is 16.6. The van der Waals surface area contributed by atoms with Crippen LogP contribution in [0.4, 0.5) is 0 Å². The molecule has 0 aromatic rings. The molecule has 1 atom stereocenters. The van der Waals surface area contributed by atoms with Crippen molar-refractivity contribution in [3.8, 4) is 0 Å². The number of hydrogen-bond acceptors (Lipinski definition) is 6. The lowest BCUT2D eigenvalue weighted by molar-refractivity contribution is -0.164. The van der Waals surface area contributed by atoms with Crippen molar-refractivity contribution < 1.29 is 28.6 Å². The van der Waals surface area contributed by atoms with Gasteiger partial charge in [-0.25, -0.2) is 0 Å². The molecular formula is C23H42O6. The van der Waals surface area contributed by atoms with Gasteiger partial charge in [-0.1, -0.05) is 84.0 Å². The number of hydrogen-bond donors (Lipinski definition) is 0. The first-order chi connectivity index (χ1) is 14.0. The van der Waals surface area contributed by atoms with E-state index < -0.39 is 18.0 Å². The highest BCUT2D eigenvalue weighted by molar-refractivity contribution is 5.69. The number of carbonyl (C=O) groups excluding carboxylic acids is 3. The Labute approximate surface area is 177 Å². The quantitative estimate of drug-likeness (QED) is 0.158. The molecule has 0 aliphatic rings. The number of unbranched alkanes of at least 4 members (excludes halogenated alkanes) is 12. The van der Waals surface area contributed by atoms with Gasteiger partial charge in [-0.2, -0.15) is 0 Å². The van der Waals surface area contributed by atoms with Gasteiger partial charge in [0.05, 0.1) is 0 Å². The summed E-state index contributed by atoms with van der Waals surface area (Å²) >= 11 is 0. The van der Waals surface area contributed by atoms with Gasteiger partial charge in [0.1, 0.15) is 13.2 Å². The summed E-state index contributed by atoms with van der Waals surface area (Å²) in [6.45, 7) is 4.57. The van der Waals surface area contributed by atoms with E-state index in [9.17, 15) is 14.4 Å². The predicted octanol–water partition coefficient (Wildman–Crippen LogP) is 5.51. The summed E-state index contributed by atoms with van der Waals surface area (Å²) in [5, 5.41) is 0. The minimum absolute atomic E-state index is 0.0931. The van der Waals surface area contributed by atoms with Crippen molar-refractivity contribution in [3.63, 3.8) is 0 Å². The maximum absolute atomic E-state index is 11.8. The number of ether oxygens (including phenoxy) is 3. The van der Waals surface area contributed by atoms with Gasteiger partial charge in [-0.05, 0) is 6.42 Å². The van der Waals surface area contributed by atoms with Crippen LogP contribution < -0.4 is 0 Å². The van der Waals surface area contributed by atoms with Gasteiger partial charge in [-0.3, -0.25) is 14.4 Å². The highest BCUT2D eigenvalue weighted by Gasteiger charge is 2.16. The Hall–Kier alpha value is -1.59. The van der Waals surface area contributed by atoms with Crippen LogP contribution in [0.2, 0.25) is 0 Å². The highest BCUT2D eigenvalue weighted by Crippen LogP contribution is 2.13. The largest absolute Gasteiger partial charge is 0.462 e. The van der Waals surface area contributed by atoms with Crippen molar-refractivity contribution in [2.75, 3.05) is 13.2 Å². The molecule has 0 aromatic heterocycles. The first kappa shape index (κ1) is 27.4. The Morgan fingerprint density at radius 1 is 0.621 bits per heavy atom. The van der Waals surface area contributed by atoms with Gasteiger partial charge >= 0.3 is 17.9 Å². The zero-order valence-electron chi connectivity index (χ0n) is 18.8. The van der Waals surface area contributed by atoms with Crippen LogP contribution >= 0.6 is 0 Å². The molecular weight excluding hydrogens is 372 g/mol. The molecule has 0 fully saturated rings. The van der Waals surface area contributed by atoms with E-state index in [0.29, 0.717) is 6.42 Å². The fourth-order valence-electron chi connectivity index (χ4n) is 3.11. The molecule has 0 aromatic carbocycles. The van der Waals surface area contributed by atoms with Crippen LogP contribution in [0.25, 0.3) is 0 Å². The lowest BCUT2D eigenvalue weighted by atomic mass is 10.0. The number of carbonyl (C=O) groups is 3. The van der Waals surface area contributed by atoms with Crippen LogP contribution in [0.15, 0.2) is 0 Å². The minimum atomic E-state index is -0.757. The fraction of sp³-hybridized carbons (Fsp3) is 0.870. The van der Waals surface area contributed by atoms with E-state index in [0.717, 1.165) is 19.3 Å². The maximum Gasteiger partial charge on any atom is 0.305 e. The van der Waals surface area contributed by atoms with E-state index in [1.54, 1.807) is 0 Å². The van der Waals surface area contributed by atoms with Crippen molar-refractivity contribution in [1.29, 1.82) is 0 Å². The minimum Gasteiger partial charge on any atom is -0.462 e. The average molecular weight is 415 g/mol. The Bertz CT molecular complexity index is 435. The predicted molar refractivity (Wildman–Crippen MR) is 113 cm³/mol. The molecule has 1 unspecified atom stereocenters. The lowest BCUT2D eigenvalue weighted by Crippen LogP contribution is -2.29. The summed E-state index contributed by atoms with van der Waals surface area (Å²) in [6, 6.07) is 0. The maximum atomic E-state index is 11.8. The van der Waals surface area contributed by atoms with Crippen molar-refractivity contribution >= 4 is 17.9 Å². The fourth-order valence-corrected chi connectivity index (χ4v) is 3.11. The molecule has 0 N–H and O–H groups in total. The van der Waals surface area contributed by atoms with Crippen LogP contribution in [0.5, 0.6) is 0 Å². The Morgan fingerprint density at radius 3 is 1.52 bits per heavy atom. The van der Waals surface area contributed by atoms with Crippen LogP contribution in [-0.4, -0.2) is 37.2 Å². The van der Waals surface area contributed by atoms with Crippen molar-refractivity contribution in [2.45, 2.75) is 117 Å². The topological polar surface area (TPSA) is 78.9 Å². The standard InChI is InChI=1S/C23H42O6/c1-4-5-6-7-8-9-10-11-12-13-14-15-16-17-23(26)28-19-22(29-21(3)25)18-27-20(2)24/h22H,4-19H2,1-3H3. The zero-order valence-corrected chi connectivity index (χ0v) is 18.8. The summed E-state index contributed by atoms with van der Waals surface area (Å²) in [7, 11) is 0. The molecule has 6 nitrogen and oxygen atoms in total. The number of esters is 3. The van der Waals surface area contributed by atoms with E-state index in [-0.39, 0.29) is 19.2 Å². The summed E-state index contributed by atoms with van der Waals surface area (Å²) in [6.07, 6.45) is 15.9. The van der Waals surface area contributed by atoms with E-state index in [1.807, 2.05) is 0 Å². The van der Waals surface area contributed by atoms with Crippen LogP contribution in [-0.2, 0) is 28.6 Å². The average Bonchev–Trinajstić information content (AvgIpc) is 2.67. The second kappa shape index (κ2) is 19.7. The molecule has 0 heterocycles. The van der Waals surface area contributed by atoms with Crippen molar-refractivity contribution in [3.05, 3.63) is 0 Å². The SMILES string of the molecule is CCCCCCCCCCCCCCCC(=O)OCC(COC(C)=O)OC(C)=O. The van der Waals surface area contributed by atoms with Crippen molar-refractivity contribution in [2.24, 2.45) is 0 Å². The molecule has 0 rings (SSSR count). The second-order valence-corrected chi connectivity index (χ2v) is 7.71. The van der Waals surface area contributed by atoms with E-state index in [4.69, 9.17) is 14.2 Å². The zero-order chi connectivity index (χ0) is 21.7. The lowest BCUT2D eigenvalue weighted by Gasteiger charge is -2.16. The molecule has 0 aliphatic carbocycles. The molecule has 170 valence electrons. The van der Waals surface area contributed by atoms with E-state index >= 15 is 0 Å². The van der Waals surface area contributed by atoms with Crippen molar-refractivity contribution in [1.82, 2.24) is 0 Å². The molecule has 0 radical (unpaired) electrons. The summed E-state index contributed by atoms with van der Waals surface area (Å²) < 4.78 is 14.9. The number of rotatable bonds is 19. The van der Waals surface area contributed by atoms with Gasteiger partial charge < -0.3 is 14.2 Å². The smallest absolute Gasteiger partial charge is 0.305 e. The normalized spacial score (nSPS) is 11.7. The monoisotopic (exact) mass is 414 g/mol. The molecule has 6 heteroatoms. The molecule has 0 saturated carbocycles. The van der Waals surface area contributed by atoms with Gasteiger partial charge in [0.25, 0.3) is 0 Å². The summed E-state index contributed by atoms with van der Waals surface area (Å²) in [5.41, 5.74) is 0. The Balaban J connectivity index is 3.56. The van der Waals surface area contributed by atoms with Crippen LogP contribution in [0.1, 0.15) is 111 Å². The van der Waals surface area contributed by atoms with Gasteiger partial charge in [0, 0.05) is 20.3 Å². The molecule has 0 bridgehead atoms. The van der Waals surface area contributed by atoms with Crippen LogP contribution in [0.3, 0.4) is 0 Å². The van der Waals surface area contributed by atoms with E-state index in [2.05, 4.69) is 6.92 Å². The Morgan fingerprint density at radius 2 is 1.07 bits per heavy atom. The summed E-state index contributed by atoms with van der Waals surface area (Å²) in [4.78, 5) is 33.7. The Kier molecular flexibility index (Phi) is 18.6. The second-order valence-electron chi connectivity index (χ2n) is 7.71.